The van der Waals surface area contributed by atoms with Crippen molar-refractivity contribution in [3.05, 3.63) is 40.7 Å². The predicted molar refractivity (Wildman–Crippen MR) is 97.9 cm³/mol. The average Bonchev–Trinajstić information content (AvgIpc) is 2.94. The van der Waals surface area contributed by atoms with Crippen molar-refractivity contribution >= 4 is 17.5 Å². The van der Waals surface area contributed by atoms with E-state index in [1.807, 2.05) is 32.9 Å². The summed E-state index contributed by atoms with van der Waals surface area (Å²) in [4.78, 5) is 12.6. The number of rotatable bonds is 5. The van der Waals surface area contributed by atoms with E-state index in [0.29, 0.717) is 11.8 Å². The molecule has 4 nitrogen and oxygen atoms in total. The van der Waals surface area contributed by atoms with Crippen molar-refractivity contribution in [1.29, 1.82) is 0 Å². The van der Waals surface area contributed by atoms with Gasteiger partial charge in [-0.1, -0.05) is 54.8 Å². The largest absolute Gasteiger partial charge is 0.303 e. The Balaban J connectivity index is 1.71. The lowest BCUT2D eigenvalue weighted by atomic mass is 9.95. The molecule has 1 heterocycles. The van der Waals surface area contributed by atoms with Gasteiger partial charge in [-0.05, 0) is 39.2 Å². The van der Waals surface area contributed by atoms with Crippen LogP contribution in [0.5, 0.6) is 0 Å². The highest BCUT2D eigenvalue weighted by Gasteiger charge is 2.22. The number of nitrogens with zero attached hydrogens (tertiary/aromatic N) is 3. The van der Waals surface area contributed by atoms with Crippen LogP contribution in [0, 0.1) is 20.8 Å². The van der Waals surface area contributed by atoms with Gasteiger partial charge in [-0.2, -0.15) is 0 Å². The number of thioether (sulfide) groups is 1. The highest BCUT2D eigenvalue weighted by molar-refractivity contribution is 7.99. The van der Waals surface area contributed by atoms with Gasteiger partial charge in [-0.3, -0.25) is 4.79 Å². The number of benzene rings is 1. The molecule has 24 heavy (non-hydrogen) atoms. The standard InChI is InChI=1S/C19H25N3OS/c1-13-9-10-17(14(2)11-13)18(23)12-24-19-21-20-15(3)22(19)16-7-5-4-6-8-16/h9-11,16H,4-8,12H2,1-3H3. The third kappa shape index (κ3) is 3.72. The first-order valence-electron chi connectivity index (χ1n) is 8.71. The maximum absolute atomic E-state index is 12.6. The molecule has 0 aliphatic heterocycles. The zero-order valence-corrected chi connectivity index (χ0v) is 15.5. The van der Waals surface area contributed by atoms with Crippen LogP contribution in [-0.2, 0) is 0 Å². The smallest absolute Gasteiger partial charge is 0.191 e. The van der Waals surface area contributed by atoms with Crippen molar-refractivity contribution in [2.45, 2.75) is 64.1 Å². The van der Waals surface area contributed by atoms with E-state index in [-0.39, 0.29) is 5.78 Å². The molecule has 1 aromatic carbocycles. The number of Topliss-reactive ketones (excluding diaryl/α,β-unsaturated/α-hetero) is 1. The van der Waals surface area contributed by atoms with Crippen LogP contribution in [0.4, 0.5) is 0 Å². The fourth-order valence-corrected chi connectivity index (χ4v) is 4.48. The summed E-state index contributed by atoms with van der Waals surface area (Å²) in [5.74, 6) is 1.53. The summed E-state index contributed by atoms with van der Waals surface area (Å²) >= 11 is 1.52. The number of hydrogen-bond acceptors (Lipinski definition) is 4. The molecular formula is C19H25N3OS. The second kappa shape index (κ2) is 7.51. The Morgan fingerprint density at radius 3 is 2.62 bits per heavy atom. The fourth-order valence-electron chi connectivity index (χ4n) is 3.54. The molecule has 0 saturated heterocycles. The summed E-state index contributed by atoms with van der Waals surface area (Å²) in [6.45, 7) is 6.06. The topological polar surface area (TPSA) is 47.8 Å². The molecular weight excluding hydrogens is 318 g/mol. The summed E-state index contributed by atoms with van der Waals surface area (Å²) in [5, 5.41) is 9.46. The Bertz CT molecular complexity index is 732. The number of hydrogen-bond donors (Lipinski definition) is 0. The van der Waals surface area contributed by atoms with Crippen LogP contribution in [0.15, 0.2) is 23.4 Å². The monoisotopic (exact) mass is 343 g/mol. The van der Waals surface area contributed by atoms with E-state index in [9.17, 15) is 4.79 Å². The number of aryl methyl sites for hydroxylation is 3. The van der Waals surface area contributed by atoms with Crippen LogP contribution in [0.2, 0.25) is 0 Å². The number of carbonyl (C=O) groups excluding carboxylic acids is 1. The van der Waals surface area contributed by atoms with Crippen molar-refractivity contribution in [3.8, 4) is 0 Å². The maximum Gasteiger partial charge on any atom is 0.191 e. The Labute approximate surface area is 148 Å². The molecule has 1 fully saturated rings. The molecule has 1 aliphatic carbocycles. The average molecular weight is 343 g/mol. The normalized spacial score (nSPS) is 15.6. The first kappa shape index (κ1) is 17.2. The van der Waals surface area contributed by atoms with Crippen molar-refractivity contribution in [2.24, 2.45) is 0 Å². The summed E-state index contributed by atoms with van der Waals surface area (Å²) in [6.07, 6.45) is 6.25. The van der Waals surface area contributed by atoms with Crippen LogP contribution < -0.4 is 0 Å². The van der Waals surface area contributed by atoms with Gasteiger partial charge in [0.25, 0.3) is 0 Å². The molecule has 1 aliphatic rings. The summed E-state index contributed by atoms with van der Waals surface area (Å²) in [6, 6.07) is 6.49. The summed E-state index contributed by atoms with van der Waals surface area (Å²) in [7, 11) is 0. The Morgan fingerprint density at radius 1 is 1.17 bits per heavy atom. The third-order valence-electron chi connectivity index (χ3n) is 4.79. The lowest BCUT2D eigenvalue weighted by Crippen LogP contribution is -2.15. The van der Waals surface area contributed by atoms with E-state index >= 15 is 0 Å². The molecule has 1 aromatic heterocycles. The van der Waals surface area contributed by atoms with E-state index in [0.717, 1.165) is 22.1 Å². The van der Waals surface area contributed by atoms with Crippen LogP contribution in [0.25, 0.3) is 0 Å². The molecule has 0 bridgehead atoms. The van der Waals surface area contributed by atoms with Crippen LogP contribution in [0.3, 0.4) is 0 Å². The quantitative estimate of drug-likeness (QED) is 0.584. The van der Waals surface area contributed by atoms with Crippen molar-refractivity contribution in [1.82, 2.24) is 14.8 Å². The van der Waals surface area contributed by atoms with Gasteiger partial charge in [0, 0.05) is 11.6 Å². The van der Waals surface area contributed by atoms with Gasteiger partial charge in [0.1, 0.15) is 5.82 Å². The molecule has 128 valence electrons. The lowest BCUT2D eigenvalue weighted by molar-refractivity contribution is 0.102. The second-order valence-corrected chi connectivity index (χ2v) is 7.66. The van der Waals surface area contributed by atoms with Gasteiger partial charge in [0.15, 0.2) is 10.9 Å². The summed E-state index contributed by atoms with van der Waals surface area (Å²) < 4.78 is 2.25. The van der Waals surface area contributed by atoms with E-state index in [2.05, 4.69) is 20.8 Å². The van der Waals surface area contributed by atoms with Gasteiger partial charge < -0.3 is 4.57 Å². The van der Waals surface area contributed by atoms with E-state index < -0.39 is 0 Å². The van der Waals surface area contributed by atoms with Gasteiger partial charge in [0.2, 0.25) is 0 Å². The Hall–Kier alpha value is -1.62. The van der Waals surface area contributed by atoms with Gasteiger partial charge in [-0.15, -0.1) is 10.2 Å². The molecule has 0 spiro atoms. The molecule has 2 aromatic rings. The zero-order chi connectivity index (χ0) is 17.1. The third-order valence-corrected chi connectivity index (χ3v) is 5.73. The first-order valence-corrected chi connectivity index (χ1v) is 9.69. The Morgan fingerprint density at radius 2 is 1.92 bits per heavy atom. The van der Waals surface area contributed by atoms with E-state index in [1.165, 1.54) is 49.4 Å². The molecule has 3 rings (SSSR count). The molecule has 0 N–H and O–H groups in total. The van der Waals surface area contributed by atoms with Crippen molar-refractivity contribution in [3.63, 3.8) is 0 Å². The molecule has 1 saturated carbocycles. The lowest BCUT2D eigenvalue weighted by Gasteiger charge is -2.24. The predicted octanol–water partition coefficient (Wildman–Crippen LogP) is 4.68. The number of carbonyl (C=O) groups is 1. The number of aromatic nitrogens is 3. The molecule has 0 amide bonds. The minimum absolute atomic E-state index is 0.161. The van der Waals surface area contributed by atoms with Crippen LogP contribution in [-0.4, -0.2) is 26.3 Å². The van der Waals surface area contributed by atoms with Crippen molar-refractivity contribution < 1.29 is 4.79 Å². The molecule has 0 radical (unpaired) electrons. The minimum atomic E-state index is 0.161. The maximum atomic E-state index is 12.6. The van der Waals surface area contributed by atoms with Crippen molar-refractivity contribution in [2.75, 3.05) is 5.75 Å². The van der Waals surface area contributed by atoms with E-state index in [1.54, 1.807) is 0 Å². The molecule has 5 heteroatoms. The highest BCUT2D eigenvalue weighted by atomic mass is 32.2. The van der Waals surface area contributed by atoms with Gasteiger partial charge in [-0.25, -0.2) is 0 Å². The van der Waals surface area contributed by atoms with Crippen LogP contribution >= 0.6 is 11.8 Å². The fraction of sp³-hybridized carbons (Fsp3) is 0.526. The second-order valence-electron chi connectivity index (χ2n) is 6.72. The van der Waals surface area contributed by atoms with E-state index in [4.69, 9.17) is 0 Å². The molecule has 0 atom stereocenters. The van der Waals surface area contributed by atoms with Crippen LogP contribution in [0.1, 0.15) is 65.5 Å². The zero-order valence-electron chi connectivity index (χ0n) is 14.7. The summed E-state index contributed by atoms with van der Waals surface area (Å²) in [5.41, 5.74) is 3.04. The number of ketones is 1. The van der Waals surface area contributed by atoms with Gasteiger partial charge in [0.05, 0.1) is 5.75 Å². The molecule has 0 unspecified atom stereocenters. The minimum Gasteiger partial charge on any atom is -0.303 e. The Kier molecular flexibility index (Phi) is 5.39. The highest BCUT2D eigenvalue weighted by Crippen LogP contribution is 2.32. The first-order chi connectivity index (χ1) is 11.6. The SMILES string of the molecule is Cc1ccc(C(=O)CSc2nnc(C)n2C2CCCCC2)c(C)c1. The van der Waals surface area contributed by atoms with Gasteiger partial charge >= 0.3 is 0 Å².